The summed E-state index contributed by atoms with van der Waals surface area (Å²) in [7, 11) is 1.65. The molecule has 6 nitrogen and oxygen atoms in total. The number of aromatic nitrogens is 1. The summed E-state index contributed by atoms with van der Waals surface area (Å²) < 4.78 is 5.17. The number of nitrogens with one attached hydrogen (secondary N) is 3. The van der Waals surface area contributed by atoms with E-state index in [1.54, 1.807) is 13.3 Å². The summed E-state index contributed by atoms with van der Waals surface area (Å²) in [5.41, 5.74) is 8.37. The highest BCUT2D eigenvalue weighted by Crippen LogP contribution is 2.24. The van der Waals surface area contributed by atoms with Crippen molar-refractivity contribution < 1.29 is 9.53 Å². The minimum atomic E-state index is -0.235. The molecule has 1 aliphatic rings. The number of pyridine rings is 1. The predicted octanol–water partition coefficient (Wildman–Crippen LogP) is 1.36. The Morgan fingerprint density at radius 2 is 2.08 bits per heavy atom. The molecule has 1 aromatic carbocycles. The highest BCUT2D eigenvalue weighted by Gasteiger charge is 2.29. The molecule has 1 amide bonds. The quantitative estimate of drug-likeness (QED) is 0.747. The SMILES string of the molecule is COc1ccc(C2CC(C(=O)NCCc3ccccn3)NN2)cc1. The second kappa shape index (κ2) is 7.90. The molecule has 1 aliphatic heterocycles. The van der Waals surface area contributed by atoms with Gasteiger partial charge in [-0.3, -0.25) is 9.78 Å². The normalized spacial score (nSPS) is 19.9. The van der Waals surface area contributed by atoms with Crippen molar-refractivity contribution in [3.05, 3.63) is 59.9 Å². The molecule has 126 valence electrons. The molecule has 3 rings (SSSR count). The number of hydrogen-bond acceptors (Lipinski definition) is 5. The molecule has 24 heavy (non-hydrogen) atoms. The van der Waals surface area contributed by atoms with Gasteiger partial charge in [-0.05, 0) is 36.2 Å². The van der Waals surface area contributed by atoms with Crippen LogP contribution < -0.4 is 20.9 Å². The fourth-order valence-corrected chi connectivity index (χ4v) is 2.77. The molecule has 0 saturated carbocycles. The third-order valence-corrected chi connectivity index (χ3v) is 4.14. The van der Waals surface area contributed by atoms with Crippen LogP contribution in [-0.4, -0.2) is 30.6 Å². The van der Waals surface area contributed by atoms with Gasteiger partial charge in [0.2, 0.25) is 5.91 Å². The predicted molar refractivity (Wildman–Crippen MR) is 91.4 cm³/mol. The van der Waals surface area contributed by atoms with E-state index in [9.17, 15) is 4.79 Å². The molecule has 0 spiro atoms. The third-order valence-electron chi connectivity index (χ3n) is 4.14. The molecule has 0 bridgehead atoms. The van der Waals surface area contributed by atoms with Gasteiger partial charge in [0.15, 0.2) is 0 Å². The molecule has 2 heterocycles. The second-order valence-electron chi connectivity index (χ2n) is 5.76. The van der Waals surface area contributed by atoms with Gasteiger partial charge in [-0.1, -0.05) is 18.2 Å². The van der Waals surface area contributed by atoms with E-state index in [-0.39, 0.29) is 18.0 Å². The van der Waals surface area contributed by atoms with Crippen LogP contribution in [0.3, 0.4) is 0 Å². The molecule has 2 unspecified atom stereocenters. The summed E-state index contributed by atoms with van der Waals surface area (Å²) in [5, 5.41) is 2.96. The summed E-state index contributed by atoms with van der Waals surface area (Å²) in [5.74, 6) is 0.836. The lowest BCUT2D eigenvalue weighted by molar-refractivity contribution is -0.122. The van der Waals surface area contributed by atoms with Crippen LogP contribution in [0.5, 0.6) is 5.75 Å². The van der Waals surface area contributed by atoms with Crippen LogP contribution in [0.25, 0.3) is 0 Å². The lowest BCUT2D eigenvalue weighted by Crippen LogP contribution is -2.43. The van der Waals surface area contributed by atoms with E-state index in [1.165, 1.54) is 0 Å². The maximum Gasteiger partial charge on any atom is 0.238 e. The maximum atomic E-state index is 12.3. The Morgan fingerprint density at radius 3 is 2.79 bits per heavy atom. The highest BCUT2D eigenvalue weighted by molar-refractivity contribution is 5.82. The number of amides is 1. The highest BCUT2D eigenvalue weighted by atomic mass is 16.5. The van der Waals surface area contributed by atoms with E-state index < -0.39 is 0 Å². The van der Waals surface area contributed by atoms with E-state index in [4.69, 9.17) is 4.74 Å². The number of ether oxygens (including phenoxy) is 1. The molecule has 3 N–H and O–H groups in total. The summed E-state index contributed by atoms with van der Waals surface area (Å²) >= 11 is 0. The van der Waals surface area contributed by atoms with Crippen molar-refractivity contribution in [3.63, 3.8) is 0 Å². The van der Waals surface area contributed by atoms with Crippen molar-refractivity contribution in [2.24, 2.45) is 0 Å². The standard InChI is InChI=1S/C18H22N4O2/c1-24-15-7-5-13(6-8-15)16-12-17(22-21-16)18(23)20-11-9-14-4-2-3-10-19-14/h2-8,10,16-17,21-22H,9,11-12H2,1H3,(H,20,23). The van der Waals surface area contributed by atoms with Gasteiger partial charge >= 0.3 is 0 Å². The van der Waals surface area contributed by atoms with E-state index in [2.05, 4.69) is 21.2 Å². The Bertz CT molecular complexity index is 660. The van der Waals surface area contributed by atoms with Crippen LogP contribution >= 0.6 is 0 Å². The van der Waals surface area contributed by atoms with Gasteiger partial charge in [-0.2, -0.15) is 0 Å². The average molecular weight is 326 g/mol. The van der Waals surface area contributed by atoms with Crippen molar-refractivity contribution in [2.75, 3.05) is 13.7 Å². The van der Waals surface area contributed by atoms with Gasteiger partial charge in [0.25, 0.3) is 0 Å². The molecule has 1 aromatic heterocycles. The zero-order valence-corrected chi connectivity index (χ0v) is 13.7. The fourth-order valence-electron chi connectivity index (χ4n) is 2.77. The van der Waals surface area contributed by atoms with Crippen molar-refractivity contribution in [3.8, 4) is 5.75 Å². The summed E-state index contributed by atoms with van der Waals surface area (Å²) in [6.07, 6.45) is 3.20. The van der Waals surface area contributed by atoms with Gasteiger partial charge in [0.05, 0.1) is 7.11 Å². The van der Waals surface area contributed by atoms with Gasteiger partial charge in [0.1, 0.15) is 11.8 Å². The van der Waals surface area contributed by atoms with E-state index in [0.717, 1.165) is 23.4 Å². The average Bonchev–Trinajstić information content (AvgIpc) is 3.13. The Kier molecular flexibility index (Phi) is 5.40. The van der Waals surface area contributed by atoms with Gasteiger partial charge in [-0.25, -0.2) is 10.9 Å². The van der Waals surface area contributed by atoms with Gasteiger partial charge in [-0.15, -0.1) is 0 Å². The molecular formula is C18H22N4O2. The van der Waals surface area contributed by atoms with E-state index in [1.807, 2.05) is 42.5 Å². The third kappa shape index (κ3) is 4.10. The van der Waals surface area contributed by atoms with Crippen LogP contribution in [0.15, 0.2) is 48.7 Å². The summed E-state index contributed by atoms with van der Waals surface area (Å²) in [4.78, 5) is 16.5. The summed E-state index contributed by atoms with van der Waals surface area (Å²) in [6.45, 7) is 0.585. The minimum absolute atomic E-state index is 0.00874. The molecule has 1 fully saturated rings. The largest absolute Gasteiger partial charge is 0.497 e. The summed E-state index contributed by atoms with van der Waals surface area (Å²) in [6, 6.07) is 13.6. The van der Waals surface area contributed by atoms with Crippen LogP contribution in [0.2, 0.25) is 0 Å². The van der Waals surface area contributed by atoms with Crippen molar-refractivity contribution in [1.29, 1.82) is 0 Å². The number of hydrazine groups is 1. The monoisotopic (exact) mass is 326 g/mol. The topological polar surface area (TPSA) is 75.3 Å². The van der Waals surface area contributed by atoms with Crippen molar-refractivity contribution in [1.82, 2.24) is 21.2 Å². The Balaban J connectivity index is 1.46. The Morgan fingerprint density at radius 1 is 1.25 bits per heavy atom. The molecule has 0 radical (unpaired) electrons. The lowest BCUT2D eigenvalue weighted by Gasteiger charge is -2.11. The van der Waals surface area contributed by atoms with Crippen molar-refractivity contribution >= 4 is 5.91 Å². The van der Waals surface area contributed by atoms with Gasteiger partial charge < -0.3 is 10.1 Å². The first-order chi connectivity index (χ1) is 11.8. The zero-order valence-electron chi connectivity index (χ0n) is 13.7. The molecule has 6 heteroatoms. The van der Waals surface area contributed by atoms with Gasteiger partial charge in [0, 0.05) is 30.9 Å². The number of hydrogen-bond donors (Lipinski definition) is 3. The fraction of sp³-hybridized carbons (Fsp3) is 0.333. The number of carbonyl (C=O) groups is 1. The molecule has 2 aromatic rings. The lowest BCUT2D eigenvalue weighted by atomic mass is 10.0. The minimum Gasteiger partial charge on any atom is -0.497 e. The number of nitrogens with zero attached hydrogens (tertiary/aromatic N) is 1. The number of carbonyl (C=O) groups excluding carboxylic acids is 1. The van der Waals surface area contributed by atoms with Crippen LogP contribution in [0.4, 0.5) is 0 Å². The first-order valence-electron chi connectivity index (χ1n) is 8.09. The Hall–Kier alpha value is -2.44. The van der Waals surface area contributed by atoms with Crippen LogP contribution in [0.1, 0.15) is 23.7 Å². The zero-order chi connectivity index (χ0) is 16.8. The smallest absolute Gasteiger partial charge is 0.238 e. The van der Waals surface area contributed by atoms with E-state index >= 15 is 0 Å². The number of rotatable bonds is 6. The van der Waals surface area contributed by atoms with Crippen LogP contribution in [-0.2, 0) is 11.2 Å². The van der Waals surface area contributed by atoms with Crippen molar-refractivity contribution in [2.45, 2.75) is 24.9 Å². The van der Waals surface area contributed by atoms with E-state index in [0.29, 0.717) is 13.0 Å². The molecule has 1 saturated heterocycles. The number of methoxy groups -OCH3 is 1. The van der Waals surface area contributed by atoms with Crippen LogP contribution in [0, 0.1) is 0 Å². The molecule has 2 atom stereocenters. The second-order valence-corrected chi connectivity index (χ2v) is 5.76. The maximum absolute atomic E-state index is 12.3. The Labute approximate surface area is 141 Å². The first-order valence-corrected chi connectivity index (χ1v) is 8.09. The first kappa shape index (κ1) is 16.4. The number of benzene rings is 1. The molecular weight excluding hydrogens is 304 g/mol. The molecule has 0 aliphatic carbocycles.